The van der Waals surface area contributed by atoms with Crippen LogP contribution < -0.4 is 5.32 Å². The molecule has 0 spiro atoms. The number of hydrogen-bond acceptors (Lipinski definition) is 4. The van der Waals surface area contributed by atoms with E-state index in [0.717, 1.165) is 0 Å². The molecule has 19 heavy (non-hydrogen) atoms. The van der Waals surface area contributed by atoms with Crippen LogP contribution in [0.4, 0.5) is 0 Å². The molecule has 110 valence electrons. The molecule has 6 nitrogen and oxygen atoms in total. The summed E-state index contributed by atoms with van der Waals surface area (Å²) in [5.74, 6) is -0.113. The van der Waals surface area contributed by atoms with Gasteiger partial charge in [0.25, 0.3) is 0 Å². The molecule has 1 rings (SSSR count). The fraction of sp³-hybridized carbons (Fsp3) is 0.846. The molecule has 0 saturated carbocycles. The largest absolute Gasteiger partial charge is 0.375 e. The predicted molar refractivity (Wildman–Crippen MR) is 72.8 cm³/mol. The number of likely N-dealkylation sites (N-methyl/N-ethyl adjacent to an activating group) is 2. The summed E-state index contributed by atoms with van der Waals surface area (Å²) in [6, 6.07) is -0.358. The molecule has 0 aliphatic carbocycles. The van der Waals surface area contributed by atoms with E-state index >= 15 is 0 Å². The zero-order valence-corrected chi connectivity index (χ0v) is 12.3. The monoisotopic (exact) mass is 271 g/mol. The molecular formula is C13H25N3O3. The van der Waals surface area contributed by atoms with E-state index in [1.165, 1.54) is 4.90 Å². The Labute approximate surface area is 115 Å². The number of nitrogens with one attached hydrogen (secondary N) is 1. The van der Waals surface area contributed by atoms with Crippen molar-refractivity contribution in [3.63, 3.8) is 0 Å². The molecule has 1 aliphatic heterocycles. The number of carbonyl (C=O) groups is 2. The molecule has 0 radical (unpaired) electrons. The molecule has 2 atom stereocenters. The quantitative estimate of drug-likeness (QED) is 0.745. The van der Waals surface area contributed by atoms with Crippen molar-refractivity contribution in [1.29, 1.82) is 0 Å². The average molecular weight is 271 g/mol. The van der Waals surface area contributed by atoms with E-state index in [-0.39, 0.29) is 30.5 Å². The van der Waals surface area contributed by atoms with Crippen molar-refractivity contribution in [2.45, 2.75) is 32.9 Å². The molecular weight excluding hydrogens is 246 g/mol. The van der Waals surface area contributed by atoms with Gasteiger partial charge < -0.3 is 19.9 Å². The number of amides is 2. The highest BCUT2D eigenvalue weighted by Crippen LogP contribution is 2.07. The molecule has 2 amide bonds. The van der Waals surface area contributed by atoms with Gasteiger partial charge in [-0.05, 0) is 20.8 Å². The maximum atomic E-state index is 12.3. The Hall–Kier alpha value is -1.14. The summed E-state index contributed by atoms with van der Waals surface area (Å²) in [6.07, 6.45) is -0.160. The third-order valence-corrected chi connectivity index (χ3v) is 3.45. The van der Waals surface area contributed by atoms with Gasteiger partial charge in [-0.2, -0.15) is 0 Å². The molecule has 1 saturated heterocycles. The van der Waals surface area contributed by atoms with E-state index in [1.807, 2.05) is 20.8 Å². The lowest BCUT2D eigenvalue weighted by atomic mass is 10.1. The standard InChI is InChI=1S/C13H25N3O3/c1-5-16(6-2)11(17)9-15(4)13(18)12-10(3)19-8-7-14-12/h10,12,14H,5-9H2,1-4H3/t10-,12+/m1/s1. The van der Waals surface area contributed by atoms with Crippen molar-refractivity contribution >= 4 is 11.8 Å². The minimum Gasteiger partial charge on any atom is -0.375 e. The summed E-state index contributed by atoms with van der Waals surface area (Å²) in [4.78, 5) is 27.4. The number of ether oxygens (including phenoxy) is 1. The van der Waals surface area contributed by atoms with Crippen LogP contribution in [0.15, 0.2) is 0 Å². The van der Waals surface area contributed by atoms with Crippen molar-refractivity contribution in [3.05, 3.63) is 0 Å². The van der Waals surface area contributed by atoms with Gasteiger partial charge in [-0.3, -0.25) is 9.59 Å². The van der Waals surface area contributed by atoms with Crippen LogP contribution in [0.5, 0.6) is 0 Å². The molecule has 0 bridgehead atoms. The Morgan fingerprint density at radius 1 is 1.32 bits per heavy atom. The number of carbonyl (C=O) groups excluding carboxylic acids is 2. The van der Waals surface area contributed by atoms with Gasteiger partial charge in [0.05, 0.1) is 19.3 Å². The van der Waals surface area contributed by atoms with E-state index in [1.54, 1.807) is 11.9 Å². The summed E-state index contributed by atoms with van der Waals surface area (Å²) in [6.45, 7) is 8.46. The second-order valence-corrected chi connectivity index (χ2v) is 4.77. The molecule has 0 aromatic carbocycles. The highest BCUT2D eigenvalue weighted by atomic mass is 16.5. The van der Waals surface area contributed by atoms with Gasteiger partial charge in [0.2, 0.25) is 11.8 Å². The van der Waals surface area contributed by atoms with Crippen LogP contribution in [0.25, 0.3) is 0 Å². The lowest BCUT2D eigenvalue weighted by Gasteiger charge is -2.32. The van der Waals surface area contributed by atoms with Gasteiger partial charge in [0.15, 0.2) is 0 Å². The van der Waals surface area contributed by atoms with Crippen LogP contribution in [0.2, 0.25) is 0 Å². The van der Waals surface area contributed by atoms with E-state index in [4.69, 9.17) is 4.74 Å². The Balaban J connectivity index is 2.54. The number of morpholine rings is 1. The van der Waals surface area contributed by atoms with E-state index in [9.17, 15) is 9.59 Å². The van der Waals surface area contributed by atoms with Gasteiger partial charge in [0, 0.05) is 26.7 Å². The fourth-order valence-corrected chi connectivity index (χ4v) is 2.20. The second-order valence-electron chi connectivity index (χ2n) is 4.77. The third-order valence-electron chi connectivity index (χ3n) is 3.45. The molecule has 0 unspecified atom stereocenters. The lowest BCUT2D eigenvalue weighted by Crippen LogP contribution is -2.56. The third kappa shape index (κ3) is 4.18. The maximum Gasteiger partial charge on any atom is 0.242 e. The average Bonchev–Trinajstić information content (AvgIpc) is 2.39. The summed E-state index contributed by atoms with van der Waals surface area (Å²) >= 11 is 0. The van der Waals surface area contributed by atoms with E-state index < -0.39 is 0 Å². The first kappa shape index (κ1) is 15.9. The molecule has 1 N–H and O–H groups in total. The predicted octanol–water partition coefficient (Wildman–Crippen LogP) is -0.310. The summed E-state index contributed by atoms with van der Waals surface area (Å²) < 4.78 is 5.45. The van der Waals surface area contributed by atoms with Gasteiger partial charge in [-0.25, -0.2) is 0 Å². The first-order valence-corrected chi connectivity index (χ1v) is 6.89. The van der Waals surface area contributed by atoms with Crippen LogP contribution in [-0.2, 0) is 14.3 Å². The van der Waals surface area contributed by atoms with Gasteiger partial charge >= 0.3 is 0 Å². The van der Waals surface area contributed by atoms with Gasteiger partial charge in [-0.1, -0.05) is 0 Å². The summed E-state index contributed by atoms with van der Waals surface area (Å²) in [7, 11) is 1.66. The SMILES string of the molecule is CCN(CC)C(=O)CN(C)C(=O)[C@H]1NCCO[C@@H]1C. The van der Waals surface area contributed by atoms with Crippen LogP contribution in [0.1, 0.15) is 20.8 Å². The molecule has 0 aromatic rings. The van der Waals surface area contributed by atoms with E-state index in [0.29, 0.717) is 26.2 Å². The van der Waals surface area contributed by atoms with E-state index in [2.05, 4.69) is 5.32 Å². The first-order valence-electron chi connectivity index (χ1n) is 6.89. The normalized spacial score (nSPS) is 22.9. The Bertz CT molecular complexity index is 318. The number of nitrogens with zero attached hydrogens (tertiary/aromatic N) is 2. The van der Waals surface area contributed by atoms with Gasteiger partial charge in [0.1, 0.15) is 6.04 Å². The highest BCUT2D eigenvalue weighted by Gasteiger charge is 2.31. The minimum atomic E-state index is -0.358. The molecule has 1 heterocycles. The highest BCUT2D eigenvalue weighted by molar-refractivity contribution is 5.87. The zero-order chi connectivity index (χ0) is 14.4. The van der Waals surface area contributed by atoms with Crippen molar-refractivity contribution in [2.24, 2.45) is 0 Å². The van der Waals surface area contributed by atoms with Crippen molar-refractivity contribution in [1.82, 2.24) is 15.1 Å². The Morgan fingerprint density at radius 3 is 2.47 bits per heavy atom. The number of rotatable bonds is 5. The van der Waals surface area contributed by atoms with Crippen molar-refractivity contribution in [2.75, 3.05) is 39.8 Å². The van der Waals surface area contributed by atoms with Crippen molar-refractivity contribution in [3.8, 4) is 0 Å². The summed E-state index contributed by atoms with van der Waals surface area (Å²) in [5, 5.41) is 3.14. The fourth-order valence-electron chi connectivity index (χ4n) is 2.20. The van der Waals surface area contributed by atoms with Crippen LogP contribution in [0.3, 0.4) is 0 Å². The summed E-state index contributed by atoms with van der Waals surface area (Å²) in [5.41, 5.74) is 0. The molecule has 6 heteroatoms. The maximum absolute atomic E-state index is 12.3. The minimum absolute atomic E-state index is 0.0229. The molecule has 1 fully saturated rings. The molecule has 0 aromatic heterocycles. The Morgan fingerprint density at radius 2 is 1.95 bits per heavy atom. The van der Waals surface area contributed by atoms with Crippen LogP contribution in [-0.4, -0.2) is 73.6 Å². The second kappa shape index (κ2) is 7.45. The smallest absolute Gasteiger partial charge is 0.242 e. The topological polar surface area (TPSA) is 61.9 Å². The molecule has 1 aliphatic rings. The zero-order valence-electron chi connectivity index (χ0n) is 12.3. The number of hydrogen-bond donors (Lipinski definition) is 1. The van der Waals surface area contributed by atoms with Gasteiger partial charge in [-0.15, -0.1) is 0 Å². The van der Waals surface area contributed by atoms with Crippen molar-refractivity contribution < 1.29 is 14.3 Å². The lowest BCUT2D eigenvalue weighted by molar-refractivity contribution is -0.144. The Kier molecular flexibility index (Phi) is 6.24. The first-order chi connectivity index (χ1) is 9.01. The van der Waals surface area contributed by atoms with Crippen LogP contribution in [0, 0.1) is 0 Å². The van der Waals surface area contributed by atoms with Crippen LogP contribution >= 0.6 is 0 Å².